The van der Waals surface area contributed by atoms with Crippen LogP contribution in [0.5, 0.6) is 5.75 Å². The minimum absolute atomic E-state index is 0.0731. The van der Waals surface area contributed by atoms with Crippen molar-refractivity contribution in [1.29, 1.82) is 5.26 Å². The fourth-order valence-corrected chi connectivity index (χ4v) is 9.38. The van der Waals surface area contributed by atoms with E-state index in [9.17, 15) is 15.2 Å². The number of nitrogens with zero attached hydrogens (tertiary/aromatic N) is 1. The Labute approximate surface area is 229 Å². The van der Waals surface area contributed by atoms with Crippen molar-refractivity contribution in [2.45, 2.75) is 117 Å². The maximum atomic E-state index is 12.2. The smallest absolute Gasteiger partial charge is 0.137 e. The first kappa shape index (κ1) is 27.7. The van der Waals surface area contributed by atoms with E-state index in [-0.39, 0.29) is 16.9 Å². The third-order valence-electron chi connectivity index (χ3n) is 11.7. The summed E-state index contributed by atoms with van der Waals surface area (Å²) in [6.45, 7) is 8.20. The minimum atomic E-state index is -0.262. The van der Waals surface area contributed by atoms with Gasteiger partial charge >= 0.3 is 0 Å². The van der Waals surface area contributed by atoms with Gasteiger partial charge in [0.1, 0.15) is 17.6 Å². The maximum absolute atomic E-state index is 12.2. The van der Waals surface area contributed by atoms with Crippen molar-refractivity contribution in [2.75, 3.05) is 6.61 Å². The molecule has 1 aromatic carbocycles. The van der Waals surface area contributed by atoms with Gasteiger partial charge in [-0.1, -0.05) is 26.8 Å². The monoisotopic (exact) mass is 520 g/mol. The van der Waals surface area contributed by atoms with Gasteiger partial charge in [-0.3, -0.25) is 4.79 Å². The molecule has 0 spiro atoms. The molecule has 0 amide bonds. The number of carbonyl (C=O) groups excluding carboxylic acids is 1. The van der Waals surface area contributed by atoms with Crippen molar-refractivity contribution in [1.82, 2.24) is 5.32 Å². The summed E-state index contributed by atoms with van der Waals surface area (Å²) in [7, 11) is 0. The summed E-state index contributed by atoms with van der Waals surface area (Å²) in [6.07, 6.45) is 12.0. The molecule has 208 valence electrons. The van der Waals surface area contributed by atoms with Crippen molar-refractivity contribution in [3.63, 3.8) is 0 Å². The van der Waals surface area contributed by atoms with E-state index in [1.165, 1.54) is 19.3 Å². The second kappa shape index (κ2) is 11.3. The minimum Gasteiger partial charge on any atom is -0.492 e. The van der Waals surface area contributed by atoms with Crippen LogP contribution in [0, 0.1) is 45.8 Å². The molecule has 2 N–H and O–H groups in total. The first-order chi connectivity index (χ1) is 18.3. The molecule has 5 heteroatoms. The summed E-state index contributed by atoms with van der Waals surface area (Å²) in [5.41, 5.74) is 1.94. The number of ketones is 1. The Morgan fingerprint density at radius 2 is 1.95 bits per heavy atom. The molecule has 0 bridgehead atoms. The zero-order valence-electron chi connectivity index (χ0n) is 23.8. The molecular weight excluding hydrogens is 472 g/mol. The number of Topliss-reactive ketones (excluding diaryl/α,β-unsaturated/α-hetero) is 1. The Morgan fingerprint density at radius 1 is 1.13 bits per heavy atom. The van der Waals surface area contributed by atoms with Gasteiger partial charge in [-0.15, -0.1) is 0 Å². The number of carbonyl (C=O) groups is 1. The zero-order chi connectivity index (χ0) is 26.9. The van der Waals surface area contributed by atoms with Gasteiger partial charge in [0.05, 0.1) is 18.3 Å². The van der Waals surface area contributed by atoms with Gasteiger partial charge in [-0.25, -0.2) is 0 Å². The Kier molecular flexibility index (Phi) is 8.22. The number of ether oxygens (including phenoxy) is 1. The van der Waals surface area contributed by atoms with Gasteiger partial charge < -0.3 is 15.2 Å². The summed E-state index contributed by atoms with van der Waals surface area (Å²) in [4.78, 5) is 12.2. The lowest BCUT2D eigenvalue weighted by Gasteiger charge is -2.60. The van der Waals surface area contributed by atoms with Crippen LogP contribution in [0.15, 0.2) is 18.2 Å². The van der Waals surface area contributed by atoms with E-state index in [2.05, 4.69) is 32.2 Å². The fraction of sp³-hybridized carbons (Fsp3) is 0.758. The molecule has 4 fully saturated rings. The number of nitrogens with one attached hydrogen (secondary N) is 1. The van der Waals surface area contributed by atoms with Crippen LogP contribution >= 0.6 is 0 Å². The molecule has 0 heterocycles. The Bertz CT molecular complexity index is 1050. The highest BCUT2D eigenvalue weighted by molar-refractivity contribution is 5.79. The van der Waals surface area contributed by atoms with Crippen molar-refractivity contribution >= 4 is 5.78 Å². The Hall–Kier alpha value is -1.90. The molecule has 0 aliphatic heterocycles. The molecule has 0 saturated heterocycles. The molecule has 7 atom stereocenters. The van der Waals surface area contributed by atoms with Crippen molar-refractivity contribution in [3.8, 4) is 11.8 Å². The van der Waals surface area contributed by atoms with Crippen LogP contribution in [0.3, 0.4) is 0 Å². The topological polar surface area (TPSA) is 82.3 Å². The highest BCUT2D eigenvalue weighted by Crippen LogP contribution is 2.66. The predicted molar refractivity (Wildman–Crippen MR) is 150 cm³/mol. The standard InChI is InChI=1S/C33H48N2O3/c1-4-25(5-2)35-21-22-6-7-23(20-34)30(18-22)38-17-16-33-15-13-28-27(29(33)10-11-31(33)37)9-8-24-19-26(36)12-14-32(24,28)3/h6-7,18,24-25,27-29,31,35,37H,4-5,8-17,19,21H2,1-3H3/t24?,27?,28?,29?,31-,32-,33+/m0/s1. The number of aliphatic hydroxyl groups excluding tert-OH is 1. The van der Waals surface area contributed by atoms with E-state index in [1.54, 1.807) is 0 Å². The van der Waals surface area contributed by atoms with Gasteiger partial charge in [-0.2, -0.15) is 5.26 Å². The Morgan fingerprint density at radius 3 is 2.71 bits per heavy atom. The van der Waals surface area contributed by atoms with Crippen LogP contribution in [-0.2, 0) is 11.3 Å². The molecular formula is C33H48N2O3. The van der Waals surface area contributed by atoms with Gasteiger partial charge in [0, 0.05) is 30.8 Å². The summed E-state index contributed by atoms with van der Waals surface area (Å²) < 4.78 is 6.34. The van der Waals surface area contributed by atoms with Crippen LogP contribution in [-0.4, -0.2) is 29.6 Å². The lowest BCUT2D eigenvalue weighted by atomic mass is 9.44. The number of fused-ring (bicyclic) bond motifs is 5. The summed E-state index contributed by atoms with van der Waals surface area (Å²) in [5, 5.41) is 24.7. The largest absolute Gasteiger partial charge is 0.492 e. The highest BCUT2D eigenvalue weighted by atomic mass is 16.5. The van der Waals surface area contributed by atoms with Crippen molar-refractivity contribution in [3.05, 3.63) is 29.3 Å². The molecule has 4 aliphatic carbocycles. The van der Waals surface area contributed by atoms with E-state index in [0.717, 1.165) is 69.9 Å². The molecule has 4 unspecified atom stereocenters. The van der Waals surface area contributed by atoms with E-state index in [0.29, 0.717) is 53.4 Å². The van der Waals surface area contributed by atoms with Crippen molar-refractivity contribution < 1.29 is 14.6 Å². The van der Waals surface area contributed by atoms with Crippen LogP contribution in [0.4, 0.5) is 0 Å². The number of nitriles is 1. The van der Waals surface area contributed by atoms with Crippen LogP contribution < -0.4 is 10.1 Å². The maximum Gasteiger partial charge on any atom is 0.137 e. The molecule has 0 radical (unpaired) electrons. The van der Waals surface area contributed by atoms with E-state index in [1.807, 2.05) is 18.2 Å². The third-order valence-corrected chi connectivity index (χ3v) is 11.7. The second-order valence-electron chi connectivity index (χ2n) is 13.2. The third kappa shape index (κ3) is 4.92. The van der Waals surface area contributed by atoms with Crippen LogP contribution in [0.1, 0.15) is 109 Å². The molecule has 5 nitrogen and oxygen atoms in total. The zero-order valence-corrected chi connectivity index (χ0v) is 23.8. The number of aliphatic hydroxyl groups is 1. The van der Waals surface area contributed by atoms with Gasteiger partial charge in [0.2, 0.25) is 0 Å². The quantitative estimate of drug-likeness (QED) is 0.385. The Balaban J connectivity index is 1.27. The molecule has 5 rings (SSSR count). The lowest BCUT2D eigenvalue weighted by molar-refractivity contribution is -0.145. The molecule has 4 saturated carbocycles. The van der Waals surface area contributed by atoms with E-state index in [4.69, 9.17) is 4.74 Å². The molecule has 38 heavy (non-hydrogen) atoms. The van der Waals surface area contributed by atoms with Crippen LogP contribution in [0.2, 0.25) is 0 Å². The number of benzene rings is 1. The predicted octanol–water partition coefficient (Wildman–Crippen LogP) is 6.56. The van der Waals surface area contributed by atoms with E-state index < -0.39 is 0 Å². The molecule has 0 aromatic heterocycles. The van der Waals surface area contributed by atoms with Gasteiger partial charge in [-0.05, 0) is 111 Å². The van der Waals surface area contributed by atoms with Crippen molar-refractivity contribution in [2.24, 2.45) is 34.5 Å². The average molecular weight is 521 g/mol. The second-order valence-corrected chi connectivity index (χ2v) is 13.2. The first-order valence-electron chi connectivity index (χ1n) is 15.4. The number of hydrogen-bond acceptors (Lipinski definition) is 5. The summed E-state index contributed by atoms with van der Waals surface area (Å²) >= 11 is 0. The fourth-order valence-electron chi connectivity index (χ4n) is 9.38. The SMILES string of the molecule is CCC(CC)NCc1ccc(C#N)c(OCC[C@]23CCC4C(CCC5CC(=O)CC[C@@]54C)C2CC[C@@H]3O)c1. The molecule has 4 aliphatic rings. The average Bonchev–Trinajstić information content (AvgIpc) is 3.26. The number of rotatable bonds is 9. The lowest BCUT2D eigenvalue weighted by Crippen LogP contribution is -2.55. The summed E-state index contributed by atoms with van der Waals surface area (Å²) in [5.74, 6) is 3.58. The normalized spacial score (nSPS) is 36.3. The van der Waals surface area contributed by atoms with E-state index >= 15 is 0 Å². The van der Waals surface area contributed by atoms with Gasteiger partial charge in [0.25, 0.3) is 0 Å². The number of hydrogen-bond donors (Lipinski definition) is 2. The summed E-state index contributed by atoms with van der Waals surface area (Å²) in [6, 6.07) is 8.73. The van der Waals surface area contributed by atoms with Gasteiger partial charge in [0.15, 0.2) is 0 Å². The molecule has 1 aromatic rings. The highest BCUT2D eigenvalue weighted by Gasteiger charge is 2.61. The van der Waals surface area contributed by atoms with Crippen LogP contribution in [0.25, 0.3) is 0 Å². The first-order valence-corrected chi connectivity index (χ1v) is 15.4.